The maximum Gasteiger partial charge on any atom is 0.534 e. The van der Waals surface area contributed by atoms with E-state index >= 15 is 0 Å². The smallest absolute Gasteiger partial charge is 0.380 e. The van der Waals surface area contributed by atoms with Gasteiger partial charge in [0.05, 0.1) is 5.25 Å². The van der Waals surface area contributed by atoms with Crippen molar-refractivity contribution in [2.45, 2.75) is 128 Å². The highest BCUT2D eigenvalue weighted by Crippen LogP contribution is 2.76. The van der Waals surface area contributed by atoms with Crippen molar-refractivity contribution in [1.82, 2.24) is 10.2 Å². The molecule has 0 aromatic heterocycles. The predicted molar refractivity (Wildman–Crippen MR) is 191 cm³/mol. The van der Waals surface area contributed by atoms with Crippen LogP contribution in [0.1, 0.15) is 112 Å². The number of fused-ring (bicyclic) bond motifs is 7. The first kappa shape index (κ1) is 38.6. The van der Waals surface area contributed by atoms with E-state index in [-0.39, 0.29) is 38.7 Å². The summed E-state index contributed by atoms with van der Waals surface area (Å²) >= 11 is 0. The highest BCUT2D eigenvalue weighted by Gasteiger charge is 2.70. The molecule has 5 fully saturated rings. The van der Waals surface area contributed by atoms with Crippen LogP contribution in [0.2, 0.25) is 0 Å². The van der Waals surface area contributed by atoms with Crippen LogP contribution in [0.3, 0.4) is 0 Å². The van der Waals surface area contributed by atoms with Crippen molar-refractivity contribution >= 4 is 20.0 Å². The molecule has 0 radical (unpaired) electrons. The van der Waals surface area contributed by atoms with E-state index < -0.39 is 30.9 Å². The molecule has 6 rings (SSSR count). The summed E-state index contributed by atoms with van der Waals surface area (Å²) in [5.74, 6) is 1.74. The molecule has 1 N–H and O–H groups in total. The lowest BCUT2D eigenvalue weighted by Gasteiger charge is -2.72. The molecule has 1 heterocycles. The highest BCUT2D eigenvalue weighted by atomic mass is 32.2. The first-order valence-electron chi connectivity index (χ1n) is 19.0. The minimum atomic E-state index is -5.74. The average Bonchev–Trinajstić information content (AvgIpc) is 3.38. The van der Waals surface area contributed by atoms with E-state index in [2.05, 4.69) is 44.5 Å². The van der Waals surface area contributed by atoms with Crippen molar-refractivity contribution in [3.05, 3.63) is 24.0 Å². The molecule has 6 aliphatic rings. The lowest BCUT2D eigenvalue weighted by molar-refractivity contribution is -0.223. The predicted octanol–water partition coefficient (Wildman–Crippen LogP) is 7.86. The van der Waals surface area contributed by atoms with Gasteiger partial charge in [-0.3, -0.25) is 0 Å². The third-order valence-electron chi connectivity index (χ3n) is 16.1. The summed E-state index contributed by atoms with van der Waals surface area (Å²) in [6.45, 7) is 21.3. The molecular formula is C38H61F3N2O5S2. The maximum absolute atomic E-state index is 13.3. The molecule has 9 atom stereocenters. The number of rotatable bonds is 8. The zero-order valence-electron chi connectivity index (χ0n) is 31.3. The van der Waals surface area contributed by atoms with Crippen LogP contribution in [0, 0.1) is 51.2 Å². The van der Waals surface area contributed by atoms with E-state index in [1.54, 1.807) is 6.08 Å². The quantitative estimate of drug-likeness (QED) is 0.154. The zero-order chi connectivity index (χ0) is 36.9. The highest BCUT2D eigenvalue weighted by molar-refractivity contribution is 7.91. The summed E-state index contributed by atoms with van der Waals surface area (Å²) in [5.41, 5.74) is -5.08. The van der Waals surface area contributed by atoms with Crippen LogP contribution in [0.5, 0.6) is 0 Å². The van der Waals surface area contributed by atoms with Crippen molar-refractivity contribution in [3.63, 3.8) is 0 Å². The number of hydrogen-bond donors (Lipinski definition) is 1. The molecule has 12 heteroatoms. The molecule has 0 unspecified atom stereocenters. The Labute approximate surface area is 299 Å². The Balaban J connectivity index is 1.23. The fourth-order valence-corrected chi connectivity index (χ4v) is 15.0. The van der Waals surface area contributed by atoms with Crippen molar-refractivity contribution in [2.24, 2.45) is 51.2 Å². The topological polar surface area (TPSA) is 92.8 Å². The number of alkyl halides is 3. The summed E-state index contributed by atoms with van der Waals surface area (Å²) in [6, 6.07) is 0. The van der Waals surface area contributed by atoms with Crippen molar-refractivity contribution in [3.8, 4) is 0 Å². The van der Waals surface area contributed by atoms with Crippen LogP contribution in [0.4, 0.5) is 13.2 Å². The lowest BCUT2D eigenvalue weighted by Crippen LogP contribution is -2.68. The van der Waals surface area contributed by atoms with Gasteiger partial charge >= 0.3 is 15.6 Å². The summed E-state index contributed by atoms with van der Waals surface area (Å²) in [6.07, 6.45) is 13.4. The Hall–Kier alpha value is -1.11. The van der Waals surface area contributed by atoms with Gasteiger partial charge in [0.1, 0.15) is 15.6 Å². The van der Waals surface area contributed by atoms with Gasteiger partial charge in [-0.15, -0.1) is 0 Å². The number of sulfone groups is 1. The minimum Gasteiger partial charge on any atom is -0.380 e. The molecule has 7 nitrogen and oxygen atoms in total. The number of halogens is 3. The van der Waals surface area contributed by atoms with Crippen molar-refractivity contribution < 1.29 is 34.2 Å². The second-order valence-corrected chi connectivity index (χ2v) is 22.5. The van der Waals surface area contributed by atoms with Crippen LogP contribution in [-0.2, 0) is 24.1 Å². The SMILES string of the molecule is C=C(C)[C@@H]1CC[C@]2(NCCN3CCC(S(C)(=O)=O)CC3)CC[C@]3(C)[C@H](CC[C@@H]4[C@@]5(C)CC=C(OS(=O)(=O)C(F)(F)F)C(C)(C)[C@@H]5CC[C@]43C)[C@@H]12. The number of piperidine rings is 1. The Morgan fingerprint density at radius 1 is 0.920 bits per heavy atom. The third kappa shape index (κ3) is 5.94. The Bertz CT molecular complexity index is 1600. The summed E-state index contributed by atoms with van der Waals surface area (Å²) < 4.78 is 93.2. The number of hydrogen-bond acceptors (Lipinski definition) is 7. The number of nitrogens with one attached hydrogen (secondary N) is 1. The molecule has 0 bridgehead atoms. The van der Waals surface area contributed by atoms with E-state index in [4.69, 9.17) is 4.18 Å². The van der Waals surface area contributed by atoms with Gasteiger partial charge in [0.2, 0.25) is 0 Å². The molecule has 0 aromatic carbocycles. The zero-order valence-corrected chi connectivity index (χ0v) is 32.9. The van der Waals surface area contributed by atoms with E-state index in [9.17, 15) is 30.0 Å². The van der Waals surface area contributed by atoms with Gasteiger partial charge in [-0.2, -0.15) is 21.6 Å². The molecule has 286 valence electrons. The van der Waals surface area contributed by atoms with Gasteiger partial charge in [0.25, 0.3) is 0 Å². The Kier molecular flexibility index (Phi) is 9.63. The van der Waals surface area contributed by atoms with E-state index in [1.165, 1.54) is 11.8 Å². The van der Waals surface area contributed by atoms with Gasteiger partial charge in [0.15, 0.2) is 0 Å². The van der Waals surface area contributed by atoms with Crippen molar-refractivity contribution in [2.75, 3.05) is 32.4 Å². The molecule has 0 aromatic rings. The molecule has 0 spiro atoms. The number of nitrogens with zero attached hydrogens (tertiary/aromatic N) is 1. The fraction of sp³-hybridized carbons (Fsp3) is 0.895. The summed E-state index contributed by atoms with van der Waals surface area (Å²) in [5, 5.41) is 3.93. The van der Waals surface area contributed by atoms with Gasteiger partial charge in [-0.25, -0.2) is 8.42 Å². The lowest BCUT2D eigenvalue weighted by atomic mass is 9.33. The second-order valence-electron chi connectivity index (χ2n) is 18.6. The third-order valence-corrected chi connectivity index (χ3v) is 18.7. The van der Waals surface area contributed by atoms with Gasteiger partial charge < -0.3 is 14.4 Å². The molecule has 4 saturated carbocycles. The van der Waals surface area contributed by atoms with Gasteiger partial charge in [-0.05, 0) is 143 Å². The van der Waals surface area contributed by atoms with Crippen LogP contribution < -0.4 is 5.32 Å². The molecule has 1 aliphatic heterocycles. The molecule has 1 saturated heterocycles. The van der Waals surface area contributed by atoms with E-state index in [1.807, 2.05) is 13.8 Å². The summed E-state index contributed by atoms with van der Waals surface area (Å²) in [4.78, 5) is 2.42. The van der Waals surface area contributed by atoms with Crippen LogP contribution in [0.15, 0.2) is 24.0 Å². The average molecular weight is 747 g/mol. The van der Waals surface area contributed by atoms with E-state index in [0.29, 0.717) is 42.9 Å². The second kappa shape index (κ2) is 12.5. The number of likely N-dealkylation sites (tertiary alicyclic amines) is 1. The normalized spacial score (nSPS) is 42.4. The number of allylic oxidation sites excluding steroid dienone is 3. The largest absolute Gasteiger partial charge is 0.534 e. The van der Waals surface area contributed by atoms with Gasteiger partial charge in [0, 0.05) is 30.3 Å². The molecular weight excluding hydrogens is 686 g/mol. The first-order valence-corrected chi connectivity index (χ1v) is 22.3. The van der Waals surface area contributed by atoms with Crippen LogP contribution in [-0.4, -0.2) is 70.5 Å². The maximum atomic E-state index is 13.3. The molecule has 5 aliphatic carbocycles. The Morgan fingerprint density at radius 2 is 1.58 bits per heavy atom. The fourth-order valence-electron chi connectivity index (χ4n) is 13.4. The standard InChI is InChI=1S/C38H61F3N2O5S2/c1-25(2)27-11-18-37(42-21-24-43-22-14-26(15-23-43)49(8,44)45)20-19-35(6)28(32(27)37)9-10-30-34(5)16-13-31(48-50(46,47)38(39,40)41)33(3,4)29(34)12-17-36(30,35)7/h13,26-30,32,42H,1,9-12,14-24H2,2-8H3/t27-,28+,29-,30+,32+,34-,35+,36+,37-/m0/s1. The van der Waals surface area contributed by atoms with Crippen molar-refractivity contribution in [1.29, 1.82) is 0 Å². The molecule has 0 amide bonds. The van der Waals surface area contributed by atoms with E-state index in [0.717, 1.165) is 77.5 Å². The van der Waals surface area contributed by atoms with Crippen LogP contribution >= 0.6 is 0 Å². The minimum absolute atomic E-state index is 0.00171. The first-order chi connectivity index (χ1) is 22.9. The van der Waals surface area contributed by atoms with Crippen LogP contribution in [0.25, 0.3) is 0 Å². The monoisotopic (exact) mass is 746 g/mol. The Morgan fingerprint density at radius 3 is 2.18 bits per heavy atom. The molecule has 50 heavy (non-hydrogen) atoms. The summed E-state index contributed by atoms with van der Waals surface area (Å²) in [7, 11) is -8.73. The van der Waals surface area contributed by atoms with Gasteiger partial charge in [-0.1, -0.05) is 46.8 Å².